The van der Waals surface area contributed by atoms with Crippen LogP contribution in [0.3, 0.4) is 0 Å². The lowest BCUT2D eigenvalue weighted by Gasteiger charge is -2.56. The van der Waals surface area contributed by atoms with Crippen LogP contribution in [0, 0.1) is 11.2 Å². The first-order valence-electron chi connectivity index (χ1n) is 15.8. The zero-order valence-corrected chi connectivity index (χ0v) is 25.8. The maximum Gasteiger partial charge on any atom is 0.260 e. The van der Waals surface area contributed by atoms with Crippen molar-refractivity contribution in [1.82, 2.24) is 20.1 Å². The van der Waals surface area contributed by atoms with Gasteiger partial charge in [0.1, 0.15) is 5.82 Å². The number of halogens is 2. The van der Waals surface area contributed by atoms with Gasteiger partial charge in [-0.1, -0.05) is 48.0 Å². The molecule has 3 aromatic rings. The summed E-state index contributed by atoms with van der Waals surface area (Å²) < 4.78 is 28.0. The first-order chi connectivity index (χ1) is 21.6. The molecule has 2 aliphatic heterocycles. The van der Waals surface area contributed by atoms with E-state index in [9.17, 15) is 18.4 Å². The number of aromatic nitrogens is 1. The molecule has 1 atom stereocenters. The Balaban J connectivity index is 1.03. The van der Waals surface area contributed by atoms with E-state index in [1.54, 1.807) is 17.3 Å². The highest BCUT2D eigenvalue weighted by atomic mass is 19.1. The molecule has 0 bridgehead atoms. The summed E-state index contributed by atoms with van der Waals surface area (Å²) >= 11 is 0. The molecule has 4 aliphatic rings. The maximum absolute atomic E-state index is 14.2. The molecule has 2 saturated carbocycles. The molecule has 1 N–H and O–H groups in total. The zero-order chi connectivity index (χ0) is 31.3. The Morgan fingerprint density at radius 2 is 1.62 bits per heavy atom. The first-order valence-corrected chi connectivity index (χ1v) is 15.8. The van der Waals surface area contributed by atoms with Gasteiger partial charge in [-0.3, -0.25) is 14.6 Å². The minimum absolute atomic E-state index is 0.221. The highest BCUT2D eigenvalue weighted by Crippen LogP contribution is 2.54. The predicted molar refractivity (Wildman–Crippen MR) is 170 cm³/mol. The van der Waals surface area contributed by atoms with Crippen LogP contribution < -0.4 is 5.32 Å². The third kappa shape index (κ3) is 5.84. The van der Waals surface area contributed by atoms with Crippen molar-refractivity contribution in [3.63, 3.8) is 0 Å². The third-order valence-corrected chi connectivity index (χ3v) is 9.86. The van der Waals surface area contributed by atoms with Gasteiger partial charge in [0.05, 0.1) is 11.6 Å². The summed E-state index contributed by atoms with van der Waals surface area (Å²) in [6, 6.07) is 16.6. The molecule has 1 saturated heterocycles. The number of rotatable bonds is 7. The summed E-state index contributed by atoms with van der Waals surface area (Å²) in [5.74, 6) is -0.873. The molecule has 3 fully saturated rings. The molecular formula is C37H38F2N4O2. The van der Waals surface area contributed by atoms with Crippen molar-refractivity contribution >= 4 is 23.0 Å². The van der Waals surface area contributed by atoms with Crippen molar-refractivity contribution in [1.29, 1.82) is 0 Å². The van der Waals surface area contributed by atoms with Crippen LogP contribution in [-0.2, 0) is 4.79 Å². The van der Waals surface area contributed by atoms with Gasteiger partial charge < -0.3 is 15.1 Å². The summed E-state index contributed by atoms with van der Waals surface area (Å²) in [7, 11) is 2.16. The molecule has 3 heterocycles. The van der Waals surface area contributed by atoms with Crippen LogP contribution >= 0.6 is 0 Å². The summed E-state index contributed by atoms with van der Waals surface area (Å²) in [4.78, 5) is 33.8. The highest BCUT2D eigenvalue weighted by molar-refractivity contribution is 5.95. The zero-order valence-electron chi connectivity index (χ0n) is 25.8. The smallest absolute Gasteiger partial charge is 0.260 e. The van der Waals surface area contributed by atoms with E-state index in [1.807, 2.05) is 43.3 Å². The van der Waals surface area contributed by atoms with Gasteiger partial charge in [-0.05, 0) is 97.7 Å². The molecule has 6 nitrogen and oxygen atoms in total. The quantitative estimate of drug-likeness (QED) is 0.339. The molecule has 45 heavy (non-hydrogen) atoms. The van der Waals surface area contributed by atoms with Crippen molar-refractivity contribution < 1.29 is 18.4 Å². The molecule has 1 spiro atoms. The normalized spacial score (nSPS) is 20.5. The molecule has 1 aromatic heterocycles. The molecule has 2 aliphatic carbocycles. The summed E-state index contributed by atoms with van der Waals surface area (Å²) in [5, 5.41) is 3.10. The molecule has 2 aromatic carbocycles. The van der Waals surface area contributed by atoms with E-state index in [-0.39, 0.29) is 17.8 Å². The van der Waals surface area contributed by atoms with E-state index in [2.05, 4.69) is 34.4 Å². The van der Waals surface area contributed by atoms with Gasteiger partial charge >= 0.3 is 0 Å². The molecule has 8 heteroatoms. The SMILES string of the molecule is C[C@@H](NC(=O)c1cncc(C2=CCN(C(=O)C3(F)CC3)CC2)c1)c1ccc(C(=C2CC3(C2)CN(C)C3)c2ccc(F)cc2)cc1. The lowest BCUT2D eigenvalue weighted by atomic mass is 9.59. The summed E-state index contributed by atoms with van der Waals surface area (Å²) in [6.07, 6.45) is 8.56. The van der Waals surface area contributed by atoms with Crippen LogP contribution in [0.25, 0.3) is 11.1 Å². The molecule has 0 radical (unpaired) electrons. The Morgan fingerprint density at radius 3 is 2.22 bits per heavy atom. The molecule has 2 amide bonds. The van der Waals surface area contributed by atoms with E-state index >= 15 is 0 Å². The lowest BCUT2D eigenvalue weighted by molar-refractivity contribution is -0.137. The molecular weight excluding hydrogens is 570 g/mol. The van der Waals surface area contributed by atoms with Gasteiger partial charge in [0, 0.05) is 44.0 Å². The van der Waals surface area contributed by atoms with Crippen LogP contribution in [0.1, 0.15) is 77.7 Å². The number of allylic oxidation sites excluding steroid dienone is 1. The van der Waals surface area contributed by atoms with Crippen molar-refractivity contribution in [3.8, 4) is 0 Å². The molecule has 7 rings (SSSR count). The number of nitrogens with one attached hydrogen (secondary N) is 1. The van der Waals surface area contributed by atoms with Crippen molar-refractivity contribution in [3.05, 3.63) is 112 Å². The average molecular weight is 609 g/mol. The maximum atomic E-state index is 14.2. The van der Waals surface area contributed by atoms with E-state index in [0.717, 1.165) is 53.8 Å². The van der Waals surface area contributed by atoms with Crippen molar-refractivity contribution in [2.24, 2.45) is 5.41 Å². The predicted octanol–water partition coefficient (Wildman–Crippen LogP) is 6.36. The van der Waals surface area contributed by atoms with E-state index in [4.69, 9.17) is 0 Å². The van der Waals surface area contributed by atoms with Gasteiger partial charge in [-0.2, -0.15) is 0 Å². The Hall–Kier alpha value is -4.17. The summed E-state index contributed by atoms with van der Waals surface area (Å²) in [6.45, 7) is 5.03. The van der Waals surface area contributed by atoms with Gasteiger partial charge in [0.25, 0.3) is 11.8 Å². The third-order valence-electron chi connectivity index (χ3n) is 9.86. The number of alkyl halides is 1. The van der Waals surface area contributed by atoms with Crippen LogP contribution in [0.4, 0.5) is 8.78 Å². The van der Waals surface area contributed by atoms with Crippen LogP contribution in [0.2, 0.25) is 0 Å². The second kappa shape index (κ2) is 11.3. The topological polar surface area (TPSA) is 65.5 Å². The standard InChI is InChI=1S/C37H38F2N4O2/c1-24(41-34(44)30-17-29(20-40-21-30)26-11-15-43(16-12-26)35(45)37(39)13-14-37)25-3-5-27(6-4-25)33(28-7-9-32(38)10-8-28)31-18-36(19-31)22-42(2)23-36/h3-11,17,20-21,24H,12-16,18-19,22-23H2,1-2H3,(H,41,44)/t24-/m1/s1. The van der Waals surface area contributed by atoms with Crippen molar-refractivity contribution in [2.75, 3.05) is 33.2 Å². The monoisotopic (exact) mass is 608 g/mol. The molecule has 0 unspecified atom stereocenters. The Morgan fingerprint density at radius 1 is 0.956 bits per heavy atom. The fourth-order valence-corrected chi connectivity index (χ4v) is 7.31. The number of benzene rings is 2. The Labute approximate surface area is 262 Å². The average Bonchev–Trinajstić information content (AvgIpc) is 3.78. The summed E-state index contributed by atoms with van der Waals surface area (Å²) in [5.41, 5.74) is 6.73. The number of carbonyl (C=O) groups is 2. The fourth-order valence-electron chi connectivity index (χ4n) is 7.31. The first kappa shape index (κ1) is 29.5. The van der Waals surface area contributed by atoms with Gasteiger partial charge in [-0.25, -0.2) is 8.78 Å². The van der Waals surface area contributed by atoms with E-state index in [1.165, 1.54) is 23.3 Å². The van der Waals surface area contributed by atoms with Crippen LogP contribution in [0.15, 0.2) is 78.6 Å². The number of pyridine rings is 1. The largest absolute Gasteiger partial charge is 0.345 e. The number of hydrogen-bond donors (Lipinski definition) is 1. The minimum Gasteiger partial charge on any atom is -0.345 e. The fraction of sp³-hybridized carbons (Fsp3) is 0.378. The Kier molecular flexibility index (Phi) is 7.43. The number of amides is 2. The minimum atomic E-state index is -1.66. The van der Waals surface area contributed by atoms with Gasteiger partial charge in [0.2, 0.25) is 0 Å². The lowest BCUT2D eigenvalue weighted by Crippen LogP contribution is -2.58. The van der Waals surface area contributed by atoms with E-state index < -0.39 is 11.6 Å². The van der Waals surface area contributed by atoms with Crippen LogP contribution in [0.5, 0.6) is 0 Å². The second-order valence-corrected chi connectivity index (χ2v) is 13.5. The van der Waals surface area contributed by atoms with E-state index in [0.29, 0.717) is 43.3 Å². The highest BCUT2D eigenvalue weighted by Gasteiger charge is 2.53. The van der Waals surface area contributed by atoms with Crippen LogP contribution in [-0.4, -0.2) is 65.5 Å². The Bertz CT molecular complexity index is 1690. The van der Waals surface area contributed by atoms with Crippen molar-refractivity contribution in [2.45, 2.75) is 50.7 Å². The number of hydrogen-bond acceptors (Lipinski definition) is 4. The number of likely N-dealkylation sites (tertiary alicyclic amines) is 1. The van der Waals surface area contributed by atoms with Gasteiger partial charge in [-0.15, -0.1) is 0 Å². The number of nitrogens with zero attached hydrogens (tertiary/aromatic N) is 3. The number of carbonyl (C=O) groups excluding carboxylic acids is 2. The van der Waals surface area contributed by atoms with Gasteiger partial charge in [0.15, 0.2) is 5.67 Å². The second-order valence-electron chi connectivity index (χ2n) is 13.5. The molecule has 232 valence electrons.